The zero-order valence-corrected chi connectivity index (χ0v) is 19.8. The molecule has 1 aliphatic rings. The number of ether oxygens (including phenoxy) is 2. The predicted octanol–water partition coefficient (Wildman–Crippen LogP) is 6.50. The SMILES string of the molecule is CC(C)Nc1nc(-c2ccccc2)c(-c2ccccc2)nc1CCCCOC1CCCCO1. The number of hydrogen-bond donors (Lipinski definition) is 1. The van der Waals surface area contributed by atoms with Gasteiger partial charge >= 0.3 is 0 Å². The van der Waals surface area contributed by atoms with Gasteiger partial charge in [-0.1, -0.05) is 60.7 Å². The van der Waals surface area contributed by atoms with Crippen molar-refractivity contribution >= 4 is 5.82 Å². The molecule has 0 radical (unpaired) electrons. The summed E-state index contributed by atoms with van der Waals surface area (Å²) >= 11 is 0. The van der Waals surface area contributed by atoms with Gasteiger partial charge in [-0.05, 0) is 52.4 Å². The average Bonchev–Trinajstić information content (AvgIpc) is 2.86. The number of nitrogens with zero attached hydrogens (tertiary/aromatic N) is 2. The third kappa shape index (κ3) is 6.62. The number of benzene rings is 2. The lowest BCUT2D eigenvalue weighted by Gasteiger charge is -2.22. The minimum atomic E-state index is -0.0217. The van der Waals surface area contributed by atoms with E-state index in [0.717, 1.165) is 79.3 Å². The van der Waals surface area contributed by atoms with Crippen molar-refractivity contribution in [2.75, 3.05) is 18.5 Å². The molecule has 1 fully saturated rings. The predicted molar refractivity (Wildman–Crippen MR) is 134 cm³/mol. The van der Waals surface area contributed by atoms with Crippen LogP contribution in [0.1, 0.15) is 51.6 Å². The fraction of sp³-hybridized carbons (Fsp3) is 0.429. The summed E-state index contributed by atoms with van der Waals surface area (Å²) < 4.78 is 11.6. The van der Waals surface area contributed by atoms with Gasteiger partial charge in [0.15, 0.2) is 6.29 Å². The standard InChI is InChI=1S/C28H35N3O2/c1-21(2)29-28-24(17-9-11-19-32-25-18-10-12-20-33-25)30-26(22-13-5-3-6-14-22)27(31-28)23-15-7-4-8-16-23/h3-8,13-16,21,25H,9-12,17-20H2,1-2H3,(H,29,31). The summed E-state index contributed by atoms with van der Waals surface area (Å²) in [6.07, 6.45) is 6.15. The number of aromatic nitrogens is 2. The van der Waals surface area contributed by atoms with Crippen molar-refractivity contribution < 1.29 is 9.47 Å². The van der Waals surface area contributed by atoms with Crippen LogP contribution in [0.15, 0.2) is 60.7 Å². The van der Waals surface area contributed by atoms with Crippen molar-refractivity contribution in [3.63, 3.8) is 0 Å². The number of rotatable bonds is 10. The molecule has 5 heteroatoms. The molecule has 0 spiro atoms. The first kappa shape index (κ1) is 23.4. The second-order valence-corrected chi connectivity index (χ2v) is 8.87. The minimum absolute atomic E-state index is 0.0217. The van der Waals surface area contributed by atoms with Crippen molar-refractivity contribution in [3.05, 3.63) is 66.4 Å². The molecule has 1 saturated heterocycles. The van der Waals surface area contributed by atoms with Crippen LogP contribution >= 0.6 is 0 Å². The van der Waals surface area contributed by atoms with Crippen LogP contribution in [-0.2, 0) is 15.9 Å². The Morgan fingerprint density at radius 1 is 0.909 bits per heavy atom. The molecule has 3 aromatic rings. The Kier molecular flexibility index (Phi) is 8.45. The lowest BCUT2D eigenvalue weighted by molar-refractivity contribution is -0.162. The number of unbranched alkanes of at least 4 members (excludes halogenated alkanes) is 1. The summed E-state index contributed by atoms with van der Waals surface area (Å²) in [5, 5.41) is 3.53. The molecule has 0 amide bonds. The maximum atomic E-state index is 5.91. The second-order valence-electron chi connectivity index (χ2n) is 8.87. The highest BCUT2D eigenvalue weighted by Crippen LogP contribution is 2.32. The summed E-state index contributed by atoms with van der Waals surface area (Å²) in [4.78, 5) is 10.3. The summed E-state index contributed by atoms with van der Waals surface area (Å²) in [5.41, 5.74) is 5.00. The van der Waals surface area contributed by atoms with Gasteiger partial charge in [-0.2, -0.15) is 0 Å². The molecule has 1 unspecified atom stereocenters. The van der Waals surface area contributed by atoms with E-state index in [4.69, 9.17) is 19.4 Å². The maximum Gasteiger partial charge on any atom is 0.157 e. The molecule has 2 aromatic carbocycles. The average molecular weight is 446 g/mol. The maximum absolute atomic E-state index is 5.91. The fourth-order valence-electron chi connectivity index (χ4n) is 4.08. The van der Waals surface area contributed by atoms with E-state index in [-0.39, 0.29) is 12.3 Å². The van der Waals surface area contributed by atoms with E-state index in [1.807, 2.05) is 24.3 Å². The van der Waals surface area contributed by atoms with E-state index in [1.165, 1.54) is 6.42 Å². The first-order chi connectivity index (χ1) is 16.2. The Hall–Kier alpha value is -2.76. The van der Waals surface area contributed by atoms with Crippen LogP contribution in [0.5, 0.6) is 0 Å². The Balaban J connectivity index is 1.55. The van der Waals surface area contributed by atoms with Crippen LogP contribution in [-0.4, -0.2) is 35.5 Å². The normalized spacial score (nSPS) is 16.2. The van der Waals surface area contributed by atoms with Gasteiger partial charge < -0.3 is 14.8 Å². The lowest BCUT2D eigenvalue weighted by atomic mass is 10.0. The first-order valence-electron chi connectivity index (χ1n) is 12.2. The molecule has 1 N–H and O–H groups in total. The van der Waals surface area contributed by atoms with E-state index in [2.05, 4.69) is 55.6 Å². The van der Waals surface area contributed by atoms with Gasteiger partial charge in [0.2, 0.25) is 0 Å². The summed E-state index contributed by atoms with van der Waals surface area (Å²) in [5.74, 6) is 0.875. The van der Waals surface area contributed by atoms with E-state index < -0.39 is 0 Å². The van der Waals surface area contributed by atoms with Crippen LogP contribution in [0.3, 0.4) is 0 Å². The van der Waals surface area contributed by atoms with Gasteiger partial charge in [0.25, 0.3) is 0 Å². The third-order valence-electron chi connectivity index (χ3n) is 5.74. The number of hydrogen-bond acceptors (Lipinski definition) is 5. The Morgan fingerprint density at radius 2 is 1.58 bits per heavy atom. The van der Waals surface area contributed by atoms with E-state index in [0.29, 0.717) is 0 Å². The van der Waals surface area contributed by atoms with Crippen molar-refractivity contribution in [2.24, 2.45) is 0 Å². The smallest absolute Gasteiger partial charge is 0.157 e. The van der Waals surface area contributed by atoms with Gasteiger partial charge in [0, 0.05) is 30.4 Å². The molecule has 0 aliphatic carbocycles. The van der Waals surface area contributed by atoms with Crippen LogP contribution in [0.25, 0.3) is 22.5 Å². The van der Waals surface area contributed by atoms with Crippen molar-refractivity contribution in [1.82, 2.24) is 9.97 Å². The summed E-state index contributed by atoms with van der Waals surface area (Å²) in [6.45, 7) is 5.81. The van der Waals surface area contributed by atoms with Crippen LogP contribution in [0.4, 0.5) is 5.82 Å². The summed E-state index contributed by atoms with van der Waals surface area (Å²) in [6, 6.07) is 20.9. The zero-order chi connectivity index (χ0) is 22.9. The molecule has 1 aliphatic heterocycles. The molecule has 5 nitrogen and oxygen atoms in total. The Labute approximate surface area is 197 Å². The van der Waals surface area contributed by atoms with E-state index >= 15 is 0 Å². The minimum Gasteiger partial charge on any atom is -0.366 e. The molecule has 33 heavy (non-hydrogen) atoms. The number of nitrogens with one attached hydrogen (secondary N) is 1. The van der Waals surface area contributed by atoms with Crippen LogP contribution in [0, 0.1) is 0 Å². The quantitative estimate of drug-likeness (QED) is 0.361. The molecule has 1 aromatic heterocycles. The highest BCUT2D eigenvalue weighted by atomic mass is 16.7. The lowest BCUT2D eigenvalue weighted by Crippen LogP contribution is -2.22. The van der Waals surface area contributed by atoms with Gasteiger partial charge in [-0.15, -0.1) is 0 Å². The number of aryl methyl sites for hydroxylation is 1. The van der Waals surface area contributed by atoms with Gasteiger partial charge in [-0.3, -0.25) is 0 Å². The van der Waals surface area contributed by atoms with E-state index in [9.17, 15) is 0 Å². The zero-order valence-electron chi connectivity index (χ0n) is 19.8. The highest BCUT2D eigenvalue weighted by Gasteiger charge is 2.18. The molecule has 174 valence electrons. The van der Waals surface area contributed by atoms with Gasteiger partial charge in [0.05, 0.1) is 17.1 Å². The van der Waals surface area contributed by atoms with Crippen LogP contribution in [0.2, 0.25) is 0 Å². The van der Waals surface area contributed by atoms with Crippen molar-refractivity contribution in [1.29, 1.82) is 0 Å². The van der Waals surface area contributed by atoms with Gasteiger partial charge in [-0.25, -0.2) is 9.97 Å². The molecule has 0 bridgehead atoms. The monoisotopic (exact) mass is 445 g/mol. The molecule has 2 heterocycles. The molecule has 0 saturated carbocycles. The first-order valence-corrected chi connectivity index (χ1v) is 12.2. The summed E-state index contributed by atoms with van der Waals surface area (Å²) in [7, 11) is 0. The molecular formula is C28H35N3O2. The van der Waals surface area contributed by atoms with Gasteiger partial charge in [0.1, 0.15) is 5.82 Å². The van der Waals surface area contributed by atoms with Crippen molar-refractivity contribution in [3.8, 4) is 22.5 Å². The third-order valence-corrected chi connectivity index (χ3v) is 5.74. The number of anilines is 1. The molecule has 4 rings (SSSR count). The molecular weight excluding hydrogens is 410 g/mol. The van der Waals surface area contributed by atoms with E-state index in [1.54, 1.807) is 0 Å². The van der Waals surface area contributed by atoms with Crippen molar-refractivity contribution in [2.45, 2.75) is 64.7 Å². The highest BCUT2D eigenvalue weighted by molar-refractivity contribution is 5.79. The molecule has 1 atom stereocenters. The second kappa shape index (κ2) is 11.9. The Morgan fingerprint density at radius 3 is 2.18 bits per heavy atom. The van der Waals surface area contributed by atoms with Crippen LogP contribution < -0.4 is 5.32 Å². The fourth-order valence-corrected chi connectivity index (χ4v) is 4.08. The largest absolute Gasteiger partial charge is 0.366 e. The Bertz CT molecular complexity index is 987. The topological polar surface area (TPSA) is 56.3 Å².